The predicted octanol–water partition coefficient (Wildman–Crippen LogP) is 1.83. The number of ether oxygens (including phenoxy) is 1. The number of carbonyl (C=O) groups excluding carboxylic acids is 2. The second-order valence-electron chi connectivity index (χ2n) is 5.63. The highest BCUT2D eigenvalue weighted by Crippen LogP contribution is 2.39. The Kier molecular flexibility index (Phi) is 4.66. The average molecular weight is 301 g/mol. The second kappa shape index (κ2) is 6.48. The minimum Gasteiger partial charge on any atom is -0.484 e. The molecule has 1 fully saturated rings. The van der Waals surface area contributed by atoms with Gasteiger partial charge >= 0.3 is 0 Å². The number of carbonyl (C=O) groups is 2. The van der Waals surface area contributed by atoms with Gasteiger partial charge in [0, 0.05) is 12.6 Å². The van der Waals surface area contributed by atoms with Crippen molar-refractivity contribution in [2.45, 2.75) is 32.2 Å². The SMILES string of the molecule is CC(=O)Nc1ccc(OCC(=O)NC(C)(C#N)C2CC2)cc1. The molecule has 0 radical (unpaired) electrons. The Bertz CT molecular complexity index is 602. The van der Waals surface area contributed by atoms with Gasteiger partial charge in [0.25, 0.3) is 5.91 Å². The van der Waals surface area contributed by atoms with E-state index in [2.05, 4.69) is 16.7 Å². The third-order valence-electron chi connectivity index (χ3n) is 3.57. The summed E-state index contributed by atoms with van der Waals surface area (Å²) >= 11 is 0. The van der Waals surface area contributed by atoms with Crippen LogP contribution in [0.5, 0.6) is 5.75 Å². The molecule has 1 aromatic carbocycles. The maximum absolute atomic E-state index is 11.9. The minimum atomic E-state index is -0.810. The Morgan fingerprint density at radius 1 is 1.36 bits per heavy atom. The lowest BCUT2D eigenvalue weighted by Crippen LogP contribution is -2.48. The van der Waals surface area contributed by atoms with Crippen LogP contribution in [0.25, 0.3) is 0 Å². The molecule has 1 aromatic rings. The standard InChI is InChI=1S/C16H19N3O3/c1-11(20)18-13-5-7-14(8-6-13)22-9-15(21)19-16(2,10-17)12-3-4-12/h5-8,12H,3-4,9H2,1-2H3,(H,18,20)(H,19,21). The molecule has 116 valence electrons. The Morgan fingerprint density at radius 2 is 2.00 bits per heavy atom. The van der Waals surface area contributed by atoms with E-state index in [9.17, 15) is 14.9 Å². The van der Waals surface area contributed by atoms with Gasteiger partial charge in [0.15, 0.2) is 6.61 Å². The average Bonchev–Trinajstić information content (AvgIpc) is 3.31. The van der Waals surface area contributed by atoms with Gasteiger partial charge in [-0.3, -0.25) is 9.59 Å². The summed E-state index contributed by atoms with van der Waals surface area (Å²) in [7, 11) is 0. The zero-order valence-electron chi connectivity index (χ0n) is 12.7. The monoisotopic (exact) mass is 301 g/mol. The van der Waals surface area contributed by atoms with Crippen LogP contribution in [-0.4, -0.2) is 24.0 Å². The van der Waals surface area contributed by atoms with Crippen LogP contribution in [0.2, 0.25) is 0 Å². The van der Waals surface area contributed by atoms with Gasteiger partial charge in [-0.25, -0.2) is 0 Å². The third kappa shape index (κ3) is 4.22. The number of anilines is 1. The summed E-state index contributed by atoms with van der Waals surface area (Å²) < 4.78 is 5.38. The molecule has 1 saturated carbocycles. The van der Waals surface area contributed by atoms with Crippen molar-refractivity contribution >= 4 is 17.5 Å². The van der Waals surface area contributed by atoms with Crippen molar-refractivity contribution in [3.05, 3.63) is 24.3 Å². The first-order chi connectivity index (χ1) is 10.4. The topological polar surface area (TPSA) is 91.2 Å². The van der Waals surface area contributed by atoms with E-state index in [0.29, 0.717) is 11.4 Å². The van der Waals surface area contributed by atoms with E-state index in [1.165, 1.54) is 6.92 Å². The Balaban J connectivity index is 1.83. The first-order valence-corrected chi connectivity index (χ1v) is 7.15. The van der Waals surface area contributed by atoms with Crippen molar-refractivity contribution in [1.82, 2.24) is 5.32 Å². The van der Waals surface area contributed by atoms with Crippen LogP contribution in [0.4, 0.5) is 5.69 Å². The number of hydrogen-bond donors (Lipinski definition) is 2. The molecule has 0 aromatic heterocycles. The quantitative estimate of drug-likeness (QED) is 0.838. The summed E-state index contributed by atoms with van der Waals surface area (Å²) in [5, 5.41) is 14.6. The molecule has 22 heavy (non-hydrogen) atoms. The molecule has 1 aliphatic carbocycles. The summed E-state index contributed by atoms with van der Waals surface area (Å²) in [5.74, 6) is 0.290. The second-order valence-corrected chi connectivity index (χ2v) is 5.63. The van der Waals surface area contributed by atoms with E-state index in [0.717, 1.165) is 12.8 Å². The molecule has 2 rings (SSSR count). The Hall–Kier alpha value is -2.55. The van der Waals surface area contributed by atoms with Crippen LogP contribution >= 0.6 is 0 Å². The molecule has 0 aliphatic heterocycles. The molecule has 0 saturated heterocycles. The fraction of sp³-hybridized carbons (Fsp3) is 0.438. The van der Waals surface area contributed by atoms with E-state index < -0.39 is 5.54 Å². The fourth-order valence-corrected chi connectivity index (χ4v) is 2.19. The highest BCUT2D eigenvalue weighted by molar-refractivity contribution is 5.88. The van der Waals surface area contributed by atoms with Crippen LogP contribution in [0.1, 0.15) is 26.7 Å². The lowest BCUT2D eigenvalue weighted by Gasteiger charge is -2.22. The Labute approximate surface area is 129 Å². The first-order valence-electron chi connectivity index (χ1n) is 7.15. The summed E-state index contributed by atoms with van der Waals surface area (Å²) in [5.41, 5.74) is -0.148. The van der Waals surface area contributed by atoms with Gasteiger partial charge < -0.3 is 15.4 Å². The van der Waals surface area contributed by atoms with Crippen LogP contribution in [-0.2, 0) is 9.59 Å². The molecule has 2 N–H and O–H groups in total. The first kappa shape index (κ1) is 15.8. The number of amides is 2. The van der Waals surface area contributed by atoms with Crippen molar-refractivity contribution in [2.75, 3.05) is 11.9 Å². The highest BCUT2D eigenvalue weighted by atomic mass is 16.5. The molecule has 0 spiro atoms. The predicted molar refractivity (Wildman–Crippen MR) is 81.1 cm³/mol. The van der Waals surface area contributed by atoms with Crippen LogP contribution in [0.3, 0.4) is 0 Å². The van der Waals surface area contributed by atoms with Crippen molar-refractivity contribution in [3.63, 3.8) is 0 Å². The van der Waals surface area contributed by atoms with E-state index in [1.54, 1.807) is 31.2 Å². The molecule has 0 heterocycles. The minimum absolute atomic E-state index is 0.149. The lowest BCUT2D eigenvalue weighted by molar-refractivity contribution is -0.124. The number of rotatable bonds is 6. The van der Waals surface area contributed by atoms with Crippen molar-refractivity contribution in [1.29, 1.82) is 5.26 Å². The molecular formula is C16H19N3O3. The van der Waals surface area contributed by atoms with Crippen molar-refractivity contribution in [3.8, 4) is 11.8 Å². The highest BCUT2D eigenvalue weighted by Gasteiger charge is 2.43. The number of nitrogens with zero attached hydrogens (tertiary/aromatic N) is 1. The smallest absolute Gasteiger partial charge is 0.259 e. The van der Waals surface area contributed by atoms with E-state index >= 15 is 0 Å². The summed E-state index contributed by atoms with van der Waals surface area (Å²) in [6.07, 6.45) is 1.94. The van der Waals surface area contributed by atoms with E-state index in [4.69, 9.17) is 4.74 Å². The number of nitriles is 1. The van der Waals surface area contributed by atoms with Gasteiger partial charge in [0.2, 0.25) is 5.91 Å². The maximum atomic E-state index is 11.9. The summed E-state index contributed by atoms with van der Waals surface area (Å²) in [4.78, 5) is 22.8. The lowest BCUT2D eigenvalue weighted by atomic mass is 9.98. The molecule has 6 heteroatoms. The van der Waals surface area contributed by atoms with Crippen molar-refractivity contribution < 1.29 is 14.3 Å². The van der Waals surface area contributed by atoms with Gasteiger partial charge in [0.1, 0.15) is 11.3 Å². The zero-order chi connectivity index (χ0) is 16.2. The Morgan fingerprint density at radius 3 is 2.50 bits per heavy atom. The van der Waals surface area contributed by atoms with Gasteiger partial charge in [-0.05, 0) is 49.9 Å². The number of hydrogen-bond acceptors (Lipinski definition) is 4. The maximum Gasteiger partial charge on any atom is 0.259 e. The van der Waals surface area contributed by atoms with Crippen LogP contribution in [0.15, 0.2) is 24.3 Å². The van der Waals surface area contributed by atoms with E-state index in [-0.39, 0.29) is 24.3 Å². The molecule has 1 unspecified atom stereocenters. The van der Waals surface area contributed by atoms with Crippen LogP contribution in [0, 0.1) is 17.2 Å². The number of benzene rings is 1. The normalized spacial score (nSPS) is 16.0. The molecule has 2 amide bonds. The van der Waals surface area contributed by atoms with Crippen LogP contribution < -0.4 is 15.4 Å². The molecule has 1 aliphatic rings. The third-order valence-corrected chi connectivity index (χ3v) is 3.57. The van der Waals surface area contributed by atoms with Gasteiger partial charge in [-0.2, -0.15) is 5.26 Å². The molecule has 1 atom stereocenters. The van der Waals surface area contributed by atoms with Gasteiger partial charge in [-0.1, -0.05) is 0 Å². The van der Waals surface area contributed by atoms with Gasteiger partial charge in [-0.15, -0.1) is 0 Å². The largest absolute Gasteiger partial charge is 0.484 e. The number of nitrogens with one attached hydrogen (secondary N) is 2. The molecule has 0 bridgehead atoms. The summed E-state index contributed by atoms with van der Waals surface area (Å²) in [6, 6.07) is 8.89. The molecular weight excluding hydrogens is 282 g/mol. The molecule has 6 nitrogen and oxygen atoms in total. The van der Waals surface area contributed by atoms with E-state index in [1.807, 2.05) is 0 Å². The zero-order valence-corrected chi connectivity index (χ0v) is 12.7. The van der Waals surface area contributed by atoms with Gasteiger partial charge in [0.05, 0.1) is 6.07 Å². The summed E-state index contributed by atoms with van der Waals surface area (Å²) in [6.45, 7) is 3.02. The fourth-order valence-electron chi connectivity index (χ4n) is 2.19. The van der Waals surface area contributed by atoms with Crippen molar-refractivity contribution in [2.24, 2.45) is 5.92 Å².